The second kappa shape index (κ2) is 7.80. The van der Waals surface area contributed by atoms with Crippen molar-refractivity contribution in [2.75, 3.05) is 5.73 Å². The maximum atomic E-state index is 12.5. The van der Waals surface area contributed by atoms with Crippen molar-refractivity contribution in [3.63, 3.8) is 0 Å². The van der Waals surface area contributed by atoms with Gasteiger partial charge in [-0.3, -0.25) is 14.8 Å². The van der Waals surface area contributed by atoms with Crippen LogP contribution < -0.4 is 15.8 Å². The topological polar surface area (TPSA) is 103 Å². The highest BCUT2D eigenvalue weighted by molar-refractivity contribution is 5.93. The van der Waals surface area contributed by atoms with E-state index in [0.717, 1.165) is 42.3 Å². The molecule has 0 bridgehead atoms. The molecule has 2 aromatic heterocycles. The maximum absolute atomic E-state index is 12.5. The van der Waals surface area contributed by atoms with Crippen LogP contribution in [0, 0.1) is 6.92 Å². The van der Waals surface area contributed by atoms with Crippen LogP contribution in [0.3, 0.4) is 0 Å². The van der Waals surface area contributed by atoms with E-state index in [2.05, 4.69) is 20.3 Å². The Morgan fingerprint density at radius 2 is 1.89 bits per heavy atom. The third-order valence-electron chi connectivity index (χ3n) is 5.09. The third kappa shape index (κ3) is 3.88. The molecular weight excluding hydrogens is 354 g/mol. The smallest absolute Gasteiger partial charge is 0.270 e. The quantitative estimate of drug-likeness (QED) is 0.678. The molecule has 28 heavy (non-hydrogen) atoms. The van der Waals surface area contributed by atoms with Crippen molar-refractivity contribution < 1.29 is 9.53 Å². The first-order valence-corrected chi connectivity index (χ1v) is 9.49. The largest absolute Gasteiger partial charge is 0.488 e. The van der Waals surface area contributed by atoms with Crippen LogP contribution in [-0.2, 0) is 0 Å². The summed E-state index contributed by atoms with van der Waals surface area (Å²) in [6.45, 7) is 1.89. The lowest BCUT2D eigenvalue weighted by molar-refractivity contribution is 0.0889. The molecule has 1 saturated carbocycles. The Balaban J connectivity index is 1.37. The van der Waals surface area contributed by atoms with E-state index in [0.29, 0.717) is 17.1 Å². The van der Waals surface area contributed by atoms with Gasteiger partial charge in [0.1, 0.15) is 17.0 Å². The van der Waals surface area contributed by atoms with Gasteiger partial charge in [-0.2, -0.15) is 0 Å². The number of aryl methyl sites for hydroxylation is 1. The van der Waals surface area contributed by atoms with Crippen LogP contribution in [0.15, 0.2) is 42.9 Å². The minimum atomic E-state index is -0.112. The van der Waals surface area contributed by atoms with Crippen LogP contribution in [0.1, 0.15) is 41.7 Å². The molecule has 7 nitrogen and oxygen atoms in total. The second-order valence-corrected chi connectivity index (χ2v) is 7.18. The highest BCUT2D eigenvalue weighted by Gasteiger charge is 2.25. The molecule has 0 aliphatic heterocycles. The van der Waals surface area contributed by atoms with E-state index < -0.39 is 0 Å². The summed E-state index contributed by atoms with van der Waals surface area (Å²) in [5.41, 5.74) is 9.40. The first-order valence-electron chi connectivity index (χ1n) is 9.49. The number of amides is 1. The second-order valence-electron chi connectivity index (χ2n) is 7.18. The maximum Gasteiger partial charge on any atom is 0.270 e. The predicted octanol–water partition coefficient (Wildman–Crippen LogP) is 3.04. The van der Waals surface area contributed by atoms with E-state index in [-0.39, 0.29) is 18.1 Å². The molecule has 0 atom stereocenters. The van der Waals surface area contributed by atoms with Crippen LogP contribution in [0.2, 0.25) is 0 Å². The number of nitrogen functional groups attached to an aromatic ring is 1. The molecule has 0 radical (unpaired) electrons. The third-order valence-corrected chi connectivity index (χ3v) is 5.09. The molecule has 1 amide bonds. The van der Waals surface area contributed by atoms with Gasteiger partial charge in [-0.1, -0.05) is 6.07 Å². The molecular formula is C21H23N5O2. The van der Waals surface area contributed by atoms with Crippen LogP contribution in [-0.4, -0.2) is 33.0 Å². The molecule has 144 valence electrons. The van der Waals surface area contributed by atoms with E-state index in [1.165, 1.54) is 0 Å². The Morgan fingerprint density at radius 1 is 1.11 bits per heavy atom. The number of ether oxygens (including phenoxy) is 1. The van der Waals surface area contributed by atoms with Gasteiger partial charge in [0.2, 0.25) is 0 Å². The monoisotopic (exact) mass is 377 g/mol. The van der Waals surface area contributed by atoms with Crippen molar-refractivity contribution >= 4 is 22.6 Å². The number of pyridine rings is 1. The zero-order chi connectivity index (χ0) is 19.5. The summed E-state index contributed by atoms with van der Waals surface area (Å²) in [7, 11) is 0. The van der Waals surface area contributed by atoms with Gasteiger partial charge in [0.25, 0.3) is 5.91 Å². The minimum Gasteiger partial charge on any atom is -0.488 e. The summed E-state index contributed by atoms with van der Waals surface area (Å²) in [5.74, 6) is 0.555. The molecule has 2 heterocycles. The number of benzene rings is 1. The number of nitrogens with two attached hydrogens (primary N) is 1. The van der Waals surface area contributed by atoms with Gasteiger partial charge in [0, 0.05) is 36.4 Å². The van der Waals surface area contributed by atoms with Crippen molar-refractivity contribution in [2.24, 2.45) is 0 Å². The molecule has 1 fully saturated rings. The number of anilines is 1. The van der Waals surface area contributed by atoms with Crippen LogP contribution in [0.4, 0.5) is 5.69 Å². The number of hydrogen-bond donors (Lipinski definition) is 2. The standard InChI is InChI=1S/C21H23N5O2/c1-13-3-2-8-24-19(13)21(27)26-15-4-6-16(7-5-15)28-18-12-14(22)11-17-20(18)25-10-9-23-17/h2-3,8-12,15-16H,4-7,22H2,1H3,(H,26,27). The Morgan fingerprint density at radius 3 is 2.68 bits per heavy atom. The molecule has 7 heteroatoms. The minimum absolute atomic E-state index is 0.0664. The average Bonchev–Trinajstić information content (AvgIpc) is 2.69. The van der Waals surface area contributed by atoms with E-state index in [9.17, 15) is 4.79 Å². The number of fused-ring (bicyclic) bond motifs is 1. The van der Waals surface area contributed by atoms with Crippen molar-refractivity contribution in [3.8, 4) is 5.75 Å². The Hall–Kier alpha value is -3.22. The normalized spacial score (nSPS) is 19.3. The van der Waals surface area contributed by atoms with Gasteiger partial charge < -0.3 is 15.8 Å². The van der Waals surface area contributed by atoms with E-state index >= 15 is 0 Å². The molecule has 0 spiro atoms. The number of hydrogen-bond acceptors (Lipinski definition) is 6. The molecule has 1 aromatic carbocycles. The molecule has 1 aliphatic carbocycles. The summed E-state index contributed by atoms with van der Waals surface area (Å²) in [6, 6.07) is 7.45. The van der Waals surface area contributed by atoms with Gasteiger partial charge in [0.15, 0.2) is 0 Å². The Bertz CT molecular complexity index is 999. The zero-order valence-corrected chi connectivity index (χ0v) is 15.8. The summed E-state index contributed by atoms with van der Waals surface area (Å²) in [4.78, 5) is 25.3. The SMILES string of the molecule is Cc1cccnc1C(=O)NC1CCC(Oc2cc(N)cc3nccnc23)CC1. The molecule has 4 rings (SSSR count). The van der Waals surface area contributed by atoms with Crippen molar-refractivity contribution in [1.29, 1.82) is 0 Å². The highest BCUT2D eigenvalue weighted by Crippen LogP contribution is 2.30. The lowest BCUT2D eigenvalue weighted by atomic mass is 9.92. The van der Waals surface area contributed by atoms with Crippen molar-refractivity contribution in [1.82, 2.24) is 20.3 Å². The van der Waals surface area contributed by atoms with Gasteiger partial charge in [0.05, 0.1) is 11.6 Å². The molecule has 3 N–H and O–H groups in total. The van der Waals surface area contributed by atoms with Gasteiger partial charge in [-0.25, -0.2) is 4.98 Å². The number of carbonyl (C=O) groups excluding carboxylic acids is 1. The fourth-order valence-electron chi connectivity index (χ4n) is 3.64. The first-order chi connectivity index (χ1) is 13.6. The number of nitrogens with one attached hydrogen (secondary N) is 1. The van der Waals surface area contributed by atoms with Crippen LogP contribution >= 0.6 is 0 Å². The van der Waals surface area contributed by atoms with E-state index in [1.54, 1.807) is 30.7 Å². The molecule has 3 aromatic rings. The molecule has 0 unspecified atom stereocenters. The number of aromatic nitrogens is 3. The lowest BCUT2D eigenvalue weighted by Crippen LogP contribution is -2.40. The van der Waals surface area contributed by atoms with Gasteiger partial charge in [-0.15, -0.1) is 0 Å². The number of carbonyl (C=O) groups is 1. The molecule has 1 aliphatic rings. The summed E-state index contributed by atoms with van der Waals surface area (Å²) in [6.07, 6.45) is 8.41. The summed E-state index contributed by atoms with van der Waals surface area (Å²) in [5, 5.41) is 3.10. The van der Waals surface area contributed by atoms with Crippen molar-refractivity contribution in [3.05, 3.63) is 54.1 Å². The predicted molar refractivity (Wildman–Crippen MR) is 107 cm³/mol. The van der Waals surface area contributed by atoms with Gasteiger partial charge >= 0.3 is 0 Å². The van der Waals surface area contributed by atoms with Crippen LogP contribution in [0.5, 0.6) is 5.75 Å². The summed E-state index contributed by atoms with van der Waals surface area (Å²) < 4.78 is 6.20. The highest BCUT2D eigenvalue weighted by atomic mass is 16.5. The lowest BCUT2D eigenvalue weighted by Gasteiger charge is -2.29. The first kappa shape index (κ1) is 18.2. The Labute approximate surface area is 163 Å². The average molecular weight is 377 g/mol. The van der Waals surface area contributed by atoms with Crippen molar-refractivity contribution in [2.45, 2.75) is 44.8 Å². The van der Waals surface area contributed by atoms with E-state index in [4.69, 9.17) is 10.5 Å². The fourth-order valence-corrected chi connectivity index (χ4v) is 3.64. The Kier molecular flexibility index (Phi) is 5.06. The summed E-state index contributed by atoms with van der Waals surface area (Å²) >= 11 is 0. The number of rotatable bonds is 4. The fraction of sp³-hybridized carbons (Fsp3) is 0.333. The molecule has 0 saturated heterocycles. The number of nitrogens with zero attached hydrogens (tertiary/aromatic N) is 3. The van der Waals surface area contributed by atoms with Gasteiger partial charge in [-0.05, 0) is 50.3 Å². The zero-order valence-electron chi connectivity index (χ0n) is 15.8. The van der Waals surface area contributed by atoms with E-state index in [1.807, 2.05) is 19.1 Å². The van der Waals surface area contributed by atoms with Crippen LogP contribution in [0.25, 0.3) is 11.0 Å².